The van der Waals surface area contributed by atoms with Crippen LogP contribution in [-0.4, -0.2) is 63.7 Å². The van der Waals surface area contributed by atoms with Crippen molar-refractivity contribution in [3.8, 4) is 5.75 Å². The Morgan fingerprint density at radius 2 is 1.97 bits per heavy atom. The van der Waals surface area contributed by atoms with E-state index in [-0.39, 0.29) is 17.7 Å². The lowest BCUT2D eigenvalue weighted by Crippen LogP contribution is -2.67. The monoisotopic (exact) mass is 462 g/mol. The van der Waals surface area contributed by atoms with E-state index in [4.69, 9.17) is 0 Å². The van der Waals surface area contributed by atoms with Crippen LogP contribution in [0.1, 0.15) is 55.5 Å². The number of nitrogens with zero attached hydrogens (tertiary/aromatic N) is 2. The van der Waals surface area contributed by atoms with Gasteiger partial charge in [-0.2, -0.15) is 0 Å². The number of fused-ring (bicyclic) bond motifs is 1. The molecule has 5 heteroatoms. The summed E-state index contributed by atoms with van der Waals surface area (Å²) in [5.41, 5.74) is 0.210. The van der Waals surface area contributed by atoms with Gasteiger partial charge in [0, 0.05) is 36.7 Å². The normalized spacial score (nSPS) is 27.2. The van der Waals surface area contributed by atoms with E-state index in [1.165, 1.54) is 0 Å². The number of likely N-dealkylation sites (tertiary alicyclic amines) is 1. The van der Waals surface area contributed by atoms with Crippen molar-refractivity contribution < 1.29 is 15.0 Å². The Labute approximate surface area is 203 Å². The maximum Gasteiger partial charge on any atom is 0.254 e. The van der Waals surface area contributed by atoms with Gasteiger partial charge in [-0.15, -0.1) is 6.58 Å². The van der Waals surface area contributed by atoms with Crippen molar-refractivity contribution in [2.45, 2.75) is 56.6 Å². The minimum Gasteiger partial charge on any atom is -0.508 e. The van der Waals surface area contributed by atoms with E-state index in [1.807, 2.05) is 59.5 Å². The summed E-state index contributed by atoms with van der Waals surface area (Å²) < 4.78 is 0. The van der Waals surface area contributed by atoms with E-state index < -0.39 is 11.0 Å². The SMILES string of the molecule is C=CCN1CCC2(c3cccc(O)c3)CC(N(CC(C)C)C(=O)c3ccccc3)CCC2(O)C1. The van der Waals surface area contributed by atoms with Crippen LogP contribution < -0.4 is 0 Å². The van der Waals surface area contributed by atoms with Crippen LogP contribution in [0.2, 0.25) is 0 Å². The number of piperidine rings is 1. The number of hydrogen-bond acceptors (Lipinski definition) is 4. The predicted molar refractivity (Wildman–Crippen MR) is 136 cm³/mol. The Hall–Kier alpha value is -2.63. The molecule has 3 unspecified atom stereocenters. The number of benzene rings is 2. The highest BCUT2D eigenvalue weighted by molar-refractivity contribution is 5.94. The predicted octanol–water partition coefficient (Wildman–Crippen LogP) is 4.60. The molecule has 0 radical (unpaired) electrons. The molecule has 2 N–H and O–H groups in total. The Kier molecular flexibility index (Phi) is 7.15. The molecule has 5 nitrogen and oxygen atoms in total. The second-order valence-corrected chi connectivity index (χ2v) is 10.6. The van der Waals surface area contributed by atoms with Crippen LogP contribution in [0.25, 0.3) is 0 Å². The molecule has 2 aliphatic rings. The summed E-state index contributed by atoms with van der Waals surface area (Å²) in [7, 11) is 0. The zero-order chi connectivity index (χ0) is 24.3. The zero-order valence-corrected chi connectivity index (χ0v) is 20.5. The molecule has 0 spiro atoms. The fraction of sp³-hybridized carbons (Fsp3) is 0.483. The minimum absolute atomic E-state index is 0.0173. The average Bonchev–Trinajstić information content (AvgIpc) is 2.82. The lowest BCUT2D eigenvalue weighted by molar-refractivity contribution is -0.131. The molecular formula is C29H38N2O3. The van der Waals surface area contributed by atoms with Crippen molar-refractivity contribution >= 4 is 5.91 Å². The van der Waals surface area contributed by atoms with Gasteiger partial charge in [0.25, 0.3) is 5.91 Å². The summed E-state index contributed by atoms with van der Waals surface area (Å²) in [5.74, 6) is 0.601. The quantitative estimate of drug-likeness (QED) is 0.590. The summed E-state index contributed by atoms with van der Waals surface area (Å²) in [4.78, 5) is 18.0. The van der Waals surface area contributed by atoms with Crippen molar-refractivity contribution in [3.63, 3.8) is 0 Å². The van der Waals surface area contributed by atoms with Crippen molar-refractivity contribution in [2.75, 3.05) is 26.2 Å². The van der Waals surface area contributed by atoms with Crippen LogP contribution in [-0.2, 0) is 5.41 Å². The number of amides is 1. The molecule has 2 aromatic rings. The highest BCUT2D eigenvalue weighted by Gasteiger charge is 2.58. The number of carbonyl (C=O) groups excluding carboxylic acids is 1. The topological polar surface area (TPSA) is 64.0 Å². The first-order valence-corrected chi connectivity index (χ1v) is 12.5. The molecule has 1 aliphatic carbocycles. The van der Waals surface area contributed by atoms with E-state index in [1.54, 1.807) is 6.07 Å². The number of phenolic OH excluding ortho intramolecular Hbond substituents is 1. The van der Waals surface area contributed by atoms with Crippen molar-refractivity contribution in [2.24, 2.45) is 5.92 Å². The van der Waals surface area contributed by atoms with Crippen LogP contribution in [0.3, 0.4) is 0 Å². The highest BCUT2D eigenvalue weighted by Crippen LogP contribution is 2.53. The fourth-order valence-corrected chi connectivity index (χ4v) is 6.18. The first-order chi connectivity index (χ1) is 16.3. The molecule has 182 valence electrons. The third kappa shape index (κ3) is 4.64. The van der Waals surface area contributed by atoms with Gasteiger partial charge in [-0.1, -0.05) is 50.3 Å². The molecule has 3 atom stereocenters. The third-order valence-electron chi connectivity index (χ3n) is 7.78. The lowest BCUT2D eigenvalue weighted by Gasteiger charge is -2.59. The van der Waals surface area contributed by atoms with E-state index in [2.05, 4.69) is 25.3 Å². The smallest absolute Gasteiger partial charge is 0.254 e. The lowest BCUT2D eigenvalue weighted by atomic mass is 9.55. The summed E-state index contributed by atoms with van der Waals surface area (Å²) >= 11 is 0. The number of β-amino-alcohol motifs (C(OH)–C–C–N with tert-alkyl or cyclic N) is 1. The van der Waals surface area contributed by atoms with Crippen LogP contribution in [0.15, 0.2) is 67.3 Å². The van der Waals surface area contributed by atoms with Gasteiger partial charge in [0.05, 0.1) is 5.60 Å². The van der Waals surface area contributed by atoms with Crippen molar-refractivity contribution in [1.82, 2.24) is 9.80 Å². The first kappa shape index (κ1) is 24.5. The van der Waals surface area contributed by atoms with Crippen LogP contribution >= 0.6 is 0 Å². The second kappa shape index (κ2) is 9.93. The molecule has 1 saturated carbocycles. The van der Waals surface area contributed by atoms with E-state index in [9.17, 15) is 15.0 Å². The summed E-state index contributed by atoms with van der Waals surface area (Å²) in [6.07, 6.45) is 4.70. The van der Waals surface area contributed by atoms with Crippen molar-refractivity contribution in [1.29, 1.82) is 0 Å². The molecule has 1 amide bonds. The molecule has 2 fully saturated rings. The summed E-state index contributed by atoms with van der Waals surface area (Å²) in [6.45, 7) is 11.0. The molecule has 1 aliphatic heterocycles. The van der Waals surface area contributed by atoms with Gasteiger partial charge in [0.1, 0.15) is 5.75 Å². The number of phenols is 1. The molecule has 1 heterocycles. The molecule has 0 aromatic heterocycles. The van der Waals surface area contributed by atoms with E-state index in [0.717, 1.165) is 31.5 Å². The molecular weight excluding hydrogens is 424 g/mol. The van der Waals surface area contributed by atoms with E-state index in [0.29, 0.717) is 37.4 Å². The first-order valence-electron chi connectivity index (χ1n) is 12.5. The third-order valence-corrected chi connectivity index (χ3v) is 7.78. The van der Waals surface area contributed by atoms with Crippen LogP contribution in [0, 0.1) is 5.92 Å². The number of carbonyl (C=O) groups is 1. The summed E-state index contributed by atoms with van der Waals surface area (Å²) in [6, 6.07) is 16.9. The Balaban J connectivity index is 1.73. The number of hydrogen-bond donors (Lipinski definition) is 2. The van der Waals surface area contributed by atoms with Gasteiger partial charge in [0.15, 0.2) is 0 Å². The molecule has 4 rings (SSSR count). The van der Waals surface area contributed by atoms with Gasteiger partial charge in [-0.25, -0.2) is 0 Å². The van der Waals surface area contributed by atoms with E-state index >= 15 is 0 Å². The fourth-order valence-electron chi connectivity index (χ4n) is 6.18. The maximum absolute atomic E-state index is 13.7. The van der Waals surface area contributed by atoms with Crippen LogP contribution in [0.4, 0.5) is 0 Å². The second-order valence-electron chi connectivity index (χ2n) is 10.6. The number of rotatable bonds is 7. The Morgan fingerprint density at radius 3 is 2.65 bits per heavy atom. The minimum atomic E-state index is -0.933. The number of aromatic hydroxyl groups is 1. The van der Waals surface area contributed by atoms with Gasteiger partial charge in [-0.05, 0) is 68.0 Å². The van der Waals surface area contributed by atoms with Gasteiger partial charge >= 0.3 is 0 Å². The summed E-state index contributed by atoms with van der Waals surface area (Å²) in [5, 5.41) is 22.5. The molecule has 1 saturated heterocycles. The Morgan fingerprint density at radius 1 is 1.21 bits per heavy atom. The Bertz CT molecular complexity index is 1010. The van der Waals surface area contributed by atoms with Gasteiger partial charge in [0.2, 0.25) is 0 Å². The van der Waals surface area contributed by atoms with Crippen molar-refractivity contribution in [3.05, 3.63) is 78.4 Å². The van der Waals surface area contributed by atoms with Crippen LogP contribution in [0.5, 0.6) is 5.75 Å². The number of aliphatic hydroxyl groups is 1. The average molecular weight is 463 g/mol. The molecule has 2 aromatic carbocycles. The highest BCUT2D eigenvalue weighted by atomic mass is 16.3. The standard InChI is InChI=1S/C29H38N2O3/c1-4-16-30-17-15-28(24-11-8-12-26(32)18-24)19-25(13-14-29(28,34)21-30)31(20-22(2)3)27(33)23-9-6-5-7-10-23/h4-12,18,22,25,32,34H,1,13-17,19-21H2,2-3H3. The molecule has 0 bridgehead atoms. The van der Waals surface area contributed by atoms with Gasteiger partial charge < -0.3 is 15.1 Å². The van der Waals surface area contributed by atoms with Gasteiger partial charge in [-0.3, -0.25) is 9.69 Å². The largest absolute Gasteiger partial charge is 0.508 e. The maximum atomic E-state index is 13.7. The molecule has 34 heavy (non-hydrogen) atoms. The zero-order valence-electron chi connectivity index (χ0n) is 20.5.